The molecule has 1 aromatic rings. The molecule has 1 amide bonds. The first-order valence-electron chi connectivity index (χ1n) is 8.97. The maximum atomic E-state index is 12.9. The molecule has 1 N–H and O–H groups in total. The number of nitrogens with zero attached hydrogens (tertiary/aromatic N) is 1. The quantitative estimate of drug-likeness (QED) is 0.728. The van der Waals surface area contributed by atoms with E-state index < -0.39 is 17.2 Å². The number of ketones is 1. The first-order valence-corrected chi connectivity index (χ1v) is 9.95. The molecule has 0 spiro atoms. The second-order valence-electron chi connectivity index (χ2n) is 7.14. The van der Waals surface area contributed by atoms with Gasteiger partial charge in [0.1, 0.15) is 22.1 Å². The van der Waals surface area contributed by atoms with Gasteiger partial charge in [-0.3, -0.25) is 14.6 Å². The minimum atomic E-state index is -1.03. The van der Waals surface area contributed by atoms with Crippen LogP contribution in [0.15, 0.2) is 26.3 Å². The molecule has 7 nitrogen and oxygen atoms in total. The average molecular weight is 394 g/mol. The van der Waals surface area contributed by atoms with Crippen LogP contribution in [0.2, 0.25) is 0 Å². The fourth-order valence-electron chi connectivity index (χ4n) is 2.72. The van der Waals surface area contributed by atoms with Crippen molar-refractivity contribution in [1.29, 1.82) is 0 Å². The third-order valence-corrected chi connectivity index (χ3v) is 5.42. The van der Waals surface area contributed by atoms with Crippen LogP contribution in [0, 0.1) is 5.92 Å². The molecule has 0 saturated heterocycles. The molecule has 27 heavy (non-hydrogen) atoms. The summed E-state index contributed by atoms with van der Waals surface area (Å²) >= 11 is 1.28. The summed E-state index contributed by atoms with van der Waals surface area (Å²) in [4.78, 5) is 40.6. The standard InChI is InChI=1S/C19H26N2O5S/c1-6-25-13-8-15(26-16(23)9-13)14(7-11(2)3)20-18(24)19(5)10-27-17(21-19)12(4)22/h8-9,11,14H,6-7,10H2,1-5H3,(H,20,24)/t14-,19+/m1/s1. The summed E-state index contributed by atoms with van der Waals surface area (Å²) in [6, 6.07) is 2.41. The van der Waals surface area contributed by atoms with Crippen LogP contribution < -0.4 is 15.7 Å². The van der Waals surface area contributed by atoms with E-state index in [9.17, 15) is 14.4 Å². The van der Waals surface area contributed by atoms with E-state index in [1.54, 1.807) is 13.0 Å². The second-order valence-corrected chi connectivity index (χ2v) is 8.10. The Bertz CT molecular complexity index is 802. The van der Waals surface area contributed by atoms with Gasteiger partial charge < -0.3 is 14.5 Å². The monoisotopic (exact) mass is 394 g/mol. The molecular weight excluding hydrogens is 368 g/mol. The van der Waals surface area contributed by atoms with Gasteiger partial charge in [0.15, 0.2) is 5.78 Å². The predicted molar refractivity (Wildman–Crippen MR) is 105 cm³/mol. The van der Waals surface area contributed by atoms with Crippen molar-refractivity contribution in [1.82, 2.24) is 5.32 Å². The number of hydrogen-bond donors (Lipinski definition) is 1. The molecule has 148 valence electrons. The van der Waals surface area contributed by atoms with Crippen molar-refractivity contribution in [2.24, 2.45) is 10.9 Å². The molecule has 0 saturated carbocycles. The lowest BCUT2D eigenvalue weighted by atomic mass is 9.98. The Labute approximate surface area is 163 Å². The van der Waals surface area contributed by atoms with Crippen LogP contribution in [-0.2, 0) is 9.59 Å². The minimum Gasteiger partial charge on any atom is -0.493 e. The van der Waals surface area contributed by atoms with Gasteiger partial charge in [-0.2, -0.15) is 0 Å². The van der Waals surface area contributed by atoms with E-state index in [0.717, 1.165) is 0 Å². The van der Waals surface area contributed by atoms with Gasteiger partial charge >= 0.3 is 5.63 Å². The van der Waals surface area contributed by atoms with E-state index in [0.29, 0.717) is 35.3 Å². The number of nitrogens with one attached hydrogen (secondary N) is 1. The summed E-state index contributed by atoms with van der Waals surface area (Å²) in [6.45, 7) is 9.41. The van der Waals surface area contributed by atoms with Crippen LogP contribution in [-0.4, -0.2) is 34.6 Å². The van der Waals surface area contributed by atoms with Crippen LogP contribution in [0.5, 0.6) is 5.75 Å². The molecule has 0 bridgehead atoms. The molecule has 0 aliphatic carbocycles. The SMILES string of the molecule is CCOc1cc([C@@H](CC(C)C)NC(=O)[C@]2(C)CSC(C(C)=O)=N2)oc(=O)c1. The van der Waals surface area contributed by atoms with Crippen LogP contribution in [0.4, 0.5) is 0 Å². The molecule has 2 atom stereocenters. The van der Waals surface area contributed by atoms with Crippen molar-refractivity contribution >= 4 is 28.5 Å². The van der Waals surface area contributed by atoms with Gasteiger partial charge in [0.2, 0.25) is 5.91 Å². The highest BCUT2D eigenvalue weighted by molar-refractivity contribution is 8.16. The fourth-order valence-corrected chi connectivity index (χ4v) is 3.80. The van der Waals surface area contributed by atoms with E-state index in [-0.39, 0.29) is 17.6 Å². The number of thioether (sulfide) groups is 1. The Kier molecular flexibility index (Phi) is 6.86. The van der Waals surface area contributed by atoms with E-state index in [2.05, 4.69) is 10.3 Å². The summed E-state index contributed by atoms with van der Waals surface area (Å²) in [6.07, 6.45) is 0.580. The minimum absolute atomic E-state index is 0.148. The second kappa shape index (κ2) is 8.73. The first-order chi connectivity index (χ1) is 12.6. The zero-order valence-electron chi connectivity index (χ0n) is 16.3. The summed E-state index contributed by atoms with van der Waals surface area (Å²) in [5, 5.41) is 3.30. The highest BCUT2D eigenvalue weighted by atomic mass is 32.2. The largest absolute Gasteiger partial charge is 0.493 e. The zero-order valence-corrected chi connectivity index (χ0v) is 17.1. The average Bonchev–Trinajstić information content (AvgIpc) is 2.97. The Morgan fingerprint density at radius 3 is 2.67 bits per heavy atom. The molecule has 2 rings (SSSR count). The smallest absolute Gasteiger partial charge is 0.339 e. The van der Waals surface area contributed by atoms with Crippen molar-refractivity contribution < 1.29 is 18.7 Å². The highest BCUT2D eigenvalue weighted by Gasteiger charge is 2.40. The molecule has 0 aromatic carbocycles. The van der Waals surface area contributed by atoms with Gasteiger partial charge in [-0.25, -0.2) is 4.79 Å². The van der Waals surface area contributed by atoms with Gasteiger partial charge in [0.05, 0.1) is 18.7 Å². The molecule has 8 heteroatoms. The molecule has 2 heterocycles. The van der Waals surface area contributed by atoms with Crippen molar-refractivity contribution in [3.63, 3.8) is 0 Å². The Hall–Kier alpha value is -2.09. The summed E-state index contributed by atoms with van der Waals surface area (Å²) in [5.74, 6) is 0.945. The number of amides is 1. The van der Waals surface area contributed by atoms with Gasteiger partial charge in [0, 0.05) is 18.7 Å². The lowest BCUT2D eigenvalue weighted by Crippen LogP contribution is -2.45. The maximum absolute atomic E-state index is 12.9. The molecule has 0 fully saturated rings. The number of carbonyl (C=O) groups excluding carboxylic acids is 2. The summed E-state index contributed by atoms with van der Waals surface area (Å²) in [7, 11) is 0. The van der Waals surface area contributed by atoms with Crippen LogP contribution in [0.1, 0.15) is 52.8 Å². The first kappa shape index (κ1) is 21.2. The fraction of sp³-hybridized carbons (Fsp3) is 0.579. The topological polar surface area (TPSA) is 98.0 Å². The van der Waals surface area contributed by atoms with E-state index in [1.807, 2.05) is 20.8 Å². The summed E-state index contributed by atoms with van der Waals surface area (Å²) in [5.41, 5.74) is -1.56. The lowest BCUT2D eigenvalue weighted by Gasteiger charge is -2.25. The van der Waals surface area contributed by atoms with Gasteiger partial charge in [-0.15, -0.1) is 11.8 Å². The highest BCUT2D eigenvalue weighted by Crippen LogP contribution is 2.30. The Morgan fingerprint density at radius 2 is 2.11 bits per heavy atom. The van der Waals surface area contributed by atoms with Crippen molar-refractivity contribution in [3.05, 3.63) is 28.3 Å². The van der Waals surface area contributed by atoms with Crippen molar-refractivity contribution in [3.8, 4) is 5.75 Å². The molecular formula is C19H26N2O5S. The zero-order chi connectivity index (χ0) is 20.2. The normalized spacial score (nSPS) is 20.3. The van der Waals surface area contributed by atoms with Crippen LogP contribution in [0.25, 0.3) is 0 Å². The molecule has 0 unspecified atom stereocenters. The van der Waals surface area contributed by atoms with E-state index in [1.165, 1.54) is 24.8 Å². The Morgan fingerprint density at radius 1 is 1.41 bits per heavy atom. The lowest BCUT2D eigenvalue weighted by molar-refractivity contribution is -0.125. The summed E-state index contributed by atoms with van der Waals surface area (Å²) < 4.78 is 10.7. The van der Waals surface area contributed by atoms with Gasteiger partial charge in [-0.1, -0.05) is 13.8 Å². The van der Waals surface area contributed by atoms with Crippen LogP contribution >= 0.6 is 11.8 Å². The third-order valence-electron chi connectivity index (χ3n) is 4.06. The molecule has 1 aromatic heterocycles. The predicted octanol–water partition coefficient (Wildman–Crippen LogP) is 2.73. The maximum Gasteiger partial charge on any atom is 0.339 e. The number of carbonyl (C=O) groups is 2. The number of ether oxygens (including phenoxy) is 1. The third kappa shape index (κ3) is 5.45. The van der Waals surface area contributed by atoms with Crippen molar-refractivity contribution in [2.75, 3.05) is 12.4 Å². The molecule has 0 radical (unpaired) electrons. The van der Waals surface area contributed by atoms with Gasteiger partial charge in [0.25, 0.3) is 0 Å². The van der Waals surface area contributed by atoms with Crippen molar-refractivity contribution in [2.45, 2.75) is 52.6 Å². The van der Waals surface area contributed by atoms with E-state index in [4.69, 9.17) is 9.15 Å². The number of rotatable bonds is 8. The number of aliphatic imine (C=N–C) groups is 1. The molecule has 1 aliphatic heterocycles. The number of hydrogen-bond acceptors (Lipinski definition) is 7. The molecule has 1 aliphatic rings. The number of Topliss-reactive ketones (excluding diaryl/α,β-unsaturated/α-hetero) is 1. The Balaban J connectivity index is 2.29. The van der Waals surface area contributed by atoms with Crippen LogP contribution in [0.3, 0.4) is 0 Å². The van der Waals surface area contributed by atoms with Gasteiger partial charge in [-0.05, 0) is 26.2 Å². The van der Waals surface area contributed by atoms with E-state index >= 15 is 0 Å².